The Bertz CT molecular complexity index is 1320. The number of ether oxygens (including phenoxy) is 2. The lowest BCUT2D eigenvalue weighted by Crippen LogP contribution is -2.30. The molecule has 1 atom stereocenters. The average molecular weight is 493 g/mol. The van der Waals surface area contributed by atoms with E-state index in [1.165, 1.54) is 25.1 Å². The molecule has 0 saturated carbocycles. The molecule has 9 heteroatoms. The predicted octanol–water partition coefficient (Wildman–Crippen LogP) is 4.72. The normalized spacial score (nSPS) is 13.3. The molecule has 3 aromatic carbocycles. The maximum Gasteiger partial charge on any atom is 0.338 e. The molecular formula is C26H21ClN2O6. The van der Waals surface area contributed by atoms with Gasteiger partial charge in [-0.15, -0.1) is 0 Å². The third-order valence-electron chi connectivity index (χ3n) is 5.30. The molecule has 3 amide bonds. The Labute approximate surface area is 206 Å². The van der Waals surface area contributed by atoms with E-state index in [1.807, 2.05) is 6.92 Å². The number of anilines is 2. The molecule has 0 saturated heterocycles. The molecule has 8 nitrogen and oxygen atoms in total. The van der Waals surface area contributed by atoms with Gasteiger partial charge < -0.3 is 14.8 Å². The van der Waals surface area contributed by atoms with Gasteiger partial charge in [0.05, 0.1) is 34.7 Å². The monoisotopic (exact) mass is 492 g/mol. The number of carbonyl (C=O) groups is 4. The molecule has 4 rings (SSSR count). The topological polar surface area (TPSA) is 102 Å². The Balaban J connectivity index is 1.47. The summed E-state index contributed by atoms with van der Waals surface area (Å²) in [4.78, 5) is 52.0. The number of carbonyl (C=O) groups excluding carboxylic acids is 4. The summed E-state index contributed by atoms with van der Waals surface area (Å²) < 4.78 is 10.8. The summed E-state index contributed by atoms with van der Waals surface area (Å²) in [5.41, 5.74) is 1.09. The molecule has 1 heterocycles. The van der Waals surface area contributed by atoms with Crippen LogP contribution >= 0.6 is 11.6 Å². The van der Waals surface area contributed by atoms with Gasteiger partial charge in [-0.1, -0.05) is 23.7 Å². The van der Waals surface area contributed by atoms with Crippen molar-refractivity contribution in [3.8, 4) is 5.75 Å². The number of hydrogen-bond acceptors (Lipinski definition) is 6. The molecule has 0 bridgehead atoms. The highest BCUT2D eigenvalue weighted by Gasteiger charge is 2.37. The molecule has 1 N–H and O–H groups in total. The van der Waals surface area contributed by atoms with Crippen molar-refractivity contribution >= 4 is 46.7 Å². The van der Waals surface area contributed by atoms with Crippen LogP contribution < -0.4 is 15.0 Å². The number of hydrogen-bond donors (Lipinski definition) is 1. The van der Waals surface area contributed by atoms with Gasteiger partial charge in [-0.2, -0.15) is 0 Å². The molecular weight excluding hydrogens is 472 g/mol. The number of fused-ring (bicyclic) bond motifs is 1. The summed E-state index contributed by atoms with van der Waals surface area (Å²) in [6.45, 7) is 3.68. The second kappa shape index (κ2) is 9.99. The molecule has 1 aliphatic rings. The van der Waals surface area contributed by atoms with E-state index >= 15 is 0 Å². The first-order chi connectivity index (χ1) is 16.8. The van der Waals surface area contributed by atoms with Gasteiger partial charge in [0, 0.05) is 5.02 Å². The highest BCUT2D eigenvalue weighted by atomic mass is 35.5. The lowest BCUT2D eigenvalue weighted by atomic mass is 10.1. The van der Waals surface area contributed by atoms with Gasteiger partial charge in [0.2, 0.25) is 0 Å². The van der Waals surface area contributed by atoms with Gasteiger partial charge in [0.15, 0.2) is 6.10 Å². The number of imide groups is 1. The molecule has 178 valence electrons. The minimum atomic E-state index is -1.13. The number of rotatable bonds is 7. The van der Waals surface area contributed by atoms with Crippen molar-refractivity contribution in [2.75, 3.05) is 16.8 Å². The van der Waals surface area contributed by atoms with Gasteiger partial charge in [-0.3, -0.25) is 14.4 Å². The third kappa shape index (κ3) is 4.88. The van der Waals surface area contributed by atoms with Crippen LogP contribution in [0.3, 0.4) is 0 Å². The van der Waals surface area contributed by atoms with E-state index in [0.717, 1.165) is 4.90 Å². The first-order valence-electron chi connectivity index (χ1n) is 10.8. The predicted molar refractivity (Wildman–Crippen MR) is 130 cm³/mol. The number of para-hydroxylation sites is 2. The van der Waals surface area contributed by atoms with E-state index in [2.05, 4.69) is 5.32 Å². The van der Waals surface area contributed by atoms with Crippen LogP contribution in [-0.4, -0.2) is 36.4 Å². The van der Waals surface area contributed by atoms with Gasteiger partial charge in [0.25, 0.3) is 17.7 Å². The van der Waals surface area contributed by atoms with Gasteiger partial charge in [-0.25, -0.2) is 9.69 Å². The SMILES string of the molecule is CCOc1ccccc1NC(=O)C(C)OC(=O)c1ccc2c(c1)C(=O)N(c1ccc(Cl)cc1)C2=O. The number of halogens is 1. The molecule has 1 aliphatic heterocycles. The molecule has 1 unspecified atom stereocenters. The summed E-state index contributed by atoms with van der Waals surface area (Å²) in [7, 11) is 0. The molecule has 0 aliphatic carbocycles. The highest BCUT2D eigenvalue weighted by Crippen LogP contribution is 2.30. The smallest absolute Gasteiger partial charge is 0.338 e. The Morgan fingerprint density at radius 1 is 0.971 bits per heavy atom. The number of amides is 3. The maximum atomic E-state index is 12.9. The van der Waals surface area contributed by atoms with E-state index < -0.39 is 29.8 Å². The molecule has 35 heavy (non-hydrogen) atoms. The maximum absolute atomic E-state index is 12.9. The number of nitrogens with one attached hydrogen (secondary N) is 1. The van der Waals surface area contributed by atoms with Crippen LogP contribution in [0.4, 0.5) is 11.4 Å². The molecule has 3 aromatic rings. The summed E-state index contributed by atoms with van der Waals surface area (Å²) in [6.07, 6.45) is -1.13. The van der Waals surface area contributed by atoms with Gasteiger partial charge in [0.1, 0.15) is 5.75 Å². The van der Waals surface area contributed by atoms with Crippen molar-refractivity contribution < 1.29 is 28.7 Å². The van der Waals surface area contributed by atoms with E-state index in [1.54, 1.807) is 48.5 Å². The van der Waals surface area contributed by atoms with Crippen LogP contribution in [0.5, 0.6) is 5.75 Å². The second-order valence-electron chi connectivity index (χ2n) is 7.65. The third-order valence-corrected chi connectivity index (χ3v) is 5.56. The lowest BCUT2D eigenvalue weighted by molar-refractivity contribution is -0.123. The minimum absolute atomic E-state index is 0.0391. The van der Waals surface area contributed by atoms with Crippen LogP contribution in [0, 0.1) is 0 Å². The Morgan fingerprint density at radius 2 is 1.66 bits per heavy atom. The number of esters is 1. The Hall–Kier alpha value is -4.17. The van der Waals surface area contributed by atoms with E-state index in [0.29, 0.717) is 28.8 Å². The first kappa shape index (κ1) is 24.0. The van der Waals surface area contributed by atoms with Crippen molar-refractivity contribution in [1.82, 2.24) is 0 Å². The van der Waals surface area contributed by atoms with Crippen molar-refractivity contribution in [3.05, 3.63) is 88.4 Å². The fourth-order valence-electron chi connectivity index (χ4n) is 3.56. The minimum Gasteiger partial charge on any atom is -0.492 e. The number of nitrogens with zero attached hydrogens (tertiary/aromatic N) is 1. The Kier molecular flexibility index (Phi) is 6.84. The average Bonchev–Trinajstić information content (AvgIpc) is 3.10. The van der Waals surface area contributed by atoms with Crippen molar-refractivity contribution in [2.45, 2.75) is 20.0 Å². The molecule has 0 aromatic heterocycles. The zero-order chi connectivity index (χ0) is 25.1. The lowest BCUT2D eigenvalue weighted by Gasteiger charge is -2.15. The van der Waals surface area contributed by atoms with E-state index in [9.17, 15) is 19.2 Å². The standard InChI is InChI=1S/C26H21ClN2O6/c1-3-34-22-7-5-4-6-21(22)28-23(30)15(2)35-26(33)16-8-13-19-20(14-16)25(32)29(24(19)31)18-11-9-17(27)10-12-18/h4-15H,3H2,1-2H3,(H,28,30). The van der Waals surface area contributed by atoms with Crippen LogP contribution in [0.2, 0.25) is 5.02 Å². The number of benzene rings is 3. The van der Waals surface area contributed by atoms with E-state index in [4.69, 9.17) is 21.1 Å². The zero-order valence-corrected chi connectivity index (χ0v) is 19.7. The fourth-order valence-corrected chi connectivity index (χ4v) is 3.69. The largest absolute Gasteiger partial charge is 0.492 e. The van der Waals surface area contributed by atoms with Crippen molar-refractivity contribution in [1.29, 1.82) is 0 Å². The molecule has 0 fully saturated rings. The van der Waals surface area contributed by atoms with Crippen molar-refractivity contribution in [3.63, 3.8) is 0 Å². The van der Waals surface area contributed by atoms with Crippen LogP contribution in [0.1, 0.15) is 44.9 Å². The summed E-state index contributed by atoms with van der Waals surface area (Å²) in [5, 5.41) is 3.15. The highest BCUT2D eigenvalue weighted by molar-refractivity contribution is 6.35. The zero-order valence-electron chi connectivity index (χ0n) is 18.9. The van der Waals surface area contributed by atoms with Crippen LogP contribution in [-0.2, 0) is 9.53 Å². The molecule has 0 radical (unpaired) electrons. The van der Waals surface area contributed by atoms with Gasteiger partial charge >= 0.3 is 5.97 Å². The summed E-state index contributed by atoms with van der Waals surface area (Å²) >= 11 is 5.89. The van der Waals surface area contributed by atoms with Crippen molar-refractivity contribution in [2.24, 2.45) is 0 Å². The summed E-state index contributed by atoms with van der Waals surface area (Å²) in [5.74, 6) is -1.94. The van der Waals surface area contributed by atoms with Gasteiger partial charge in [-0.05, 0) is 68.4 Å². The quantitative estimate of drug-likeness (QED) is 0.378. The van der Waals surface area contributed by atoms with Crippen LogP contribution in [0.15, 0.2) is 66.7 Å². The fraction of sp³-hybridized carbons (Fsp3) is 0.154. The molecule has 0 spiro atoms. The first-order valence-corrected chi connectivity index (χ1v) is 11.2. The van der Waals surface area contributed by atoms with Crippen LogP contribution in [0.25, 0.3) is 0 Å². The summed E-state index contributed by atoms with van der Waals surface area (Å²) in [6, 6.07) is 17.2. The second-order valence-corrected chi connectivity index (χ2v) is 8.08. The Morgan fingerprint density at radius 3 is 2.37 bits per heavy atom. The van der Waals surface area contributed by atoms with E-state index in [-0.39, 0.29) is 16.7 Å².